The van der Waals surface area contributed by atoms with Gasteiger partial charge in [0.05, 0.1) is 13.2 Å². The molecular formula is C13H20F2N2O4. The number of hydrogen-bond donors (Lipinski definition) is 2. The van der Waals surface area contributed by atoms with Crippen LogP contribution in [0.5, 0.6) is 0 Å². The minimum Gasteiger partial charge on any atom is -0.477 e. The zero-order valence-electron chi connectivity index (χ0n) is 12.1. The van der Waals surface area contributed by atoms with Crippen molar-refractivity contribution >= 4 is 12.0 Å². The molecule has 2 amide bonds. The highest BCUT2D eigenvalue weighted by atomic mass is 19.3. The number of ether oxygens (including phenoxy) is 1. The molecule has 0 aromatic rings. The Bertz CT molecular complexity index is 418. The predicted octanol–water partition coefficient (Wildman–Crippen LogP) is 1.68. The number of nitrogens with zero attached hydrogens (tertiary/aromatic N) is 1. The van der Waals surface area contributed by atoms with E-state index in [1.807, 2.05) is 5.32 Å². The number of morpholine rings is 1. The number of halogens is 2. The van der Waals surface area contributed by atoms with Crippen LogP contribution < -0.4 is 5.32 Å². The van der Waals surface area contributed by atoms with Crippen molar-refractivity contribution in [3.05, 3.63) is 11.8 Å². The quantitative estimate of drug-likeness (QED) is 0.757. The molecule has 1 fully saturated rings. The highest BCUT2D eigenvalue weighted by Gasteiger charge is 2.30. The second-order valence-electron chi connectivity index (χ2n) is 5.25. The topological polar surface area (TPSA) is 78.9 Å². The number of aliphatic carboxylic acids is 1. The Morgan fingerprint density at radius 2 is 1.95 bits per heavy atom. The number of alkyl halides is 2. The van der Waals surface area contributed by atoms with Gasteiger partial charge < -0.3 is 20.1 Å². The molecule has 1 heterocycles. The van der Waals surface area contributed by atoms with Gasteiger partial charge >= 0.3 is 12.0 Å². The highest BCUT2D eigenvalue weighted by Crippen LogP contribution is 2.25. The van der Waals surface area contributed by atoms with Crippen molar-refractivity contribution in [3.63, 3.8) is 0 Å². The summed E-state index contributed by atoms with van der Waals surface area (Å²) in [4.78, 5) is 24.2. The van der Waals surface area contributed by atoms with Crippen molar-refractivity contribution in [1.29, 1.82) is 0 Å². The Balaban J connectivity index is 2.77. The number of allylic oxidation sites excluding steroid dienone is 1. The molecule has 0 bridgehead atoms. The van der Waals surface area contributed by atoms with Gasteiger partial charge in [0.1, 0.15) is 5.70 Å². The van der Waals surface area contributed by atoms with Gasteiger partial charge in [0.15, 0.2) is 0 Å². The average molecular weight is 306 g/mol. The number of carbonyl (C=O) groups excluding carboxylic acids is 1. The number of amides is 2. The Hall–Kier alpha value is -1.70. The van der Waals surface area contributed by atoms with Crippen LogP contribution in [-0.4, -0.2) is 54.2 Å². The van der Waals surface area contributed by atoms with Crippen LogP contribution in [0.3, 0.4) is 0 Å². The Morgan fingerprint density at radius 1 is 1.38 bits per heavy atom. The van der Waals surface area contributed by atoms with Crippen LogP contribution in [-0.2, 0) is 9.53 Å². The van der Waals surface area contributed by atoms with Gasteiger partial charge in [-0.1, -0.05) is 13.8 Å². The van der Waals surface area contributed by atoms with Crippen LogP contribution >= 0.6 is 0 Å². The first-order chi connectivity index (χ1) is 9.71. The van der Waals surface area contributed by atoms with E-state index in [-0.39, 0.29) is 5.92 Å². The first-order valence-corrected chi connectivity index (χ1v) is 6.69. The predicted molar refractivity (Wildman–Crippen MR) is 71.0 cm³/mol. The fourth-order valence-electron chi connectivity index (χ4n) is 1.93. The van der Waals surface area contributed by atoms with Crippen molar-refractivity contribution in [1.82, 2.24) is 10.2 Å². The van der Waals surface area contributed by atoms with E-state index in [1.165, 1.54) is 4.90 Å². The van der Waals surface area contributed by atoms with Gasteiger partial charge in [0, 0.05) is 25.6 Å². The Kier molecular flexibility index (Phi) is 6.07. The highest BCUT2D eigenvalue weighted by molar-refractivity contribution is 5.92. The fraction of sp³-hybridized carbons (Fsp3) is 0.692. The summed E-state index contributed by atoms with van der Waals surface area (Å²) < 4.78 is 32.4. The van der Waals surface area contributed by atoms with Gasteiger partial charge in [-0.05, 0) is 5.92 Å². The second-order valence-corrected chi connectivity index (χ2v) is 5.25. The van der Waals surface area contributed by atoms with Crippen LogP contribution in [0.2, 0.25) is 0 Å². The van der Waals surface area contributed by atoms with E-state index in [0.29, 0.717) is 32.4 Å². The van der Waals surface area contributed by atoms with Crippen molar-refractivity contribution in [3.8, 4) is 0 Å². The molecule has 0 unspecified atom stereocenters. The maximum Gasteiger partial charge on any atom is 0.352 e. The molecule has 2 N–H and O–H groups in total. The summed E-state index contributed by atoms with van der Waals surface area (Å²) in [5, 5.41) is 11.0. The molecule has 0 atom stereocenters. The molecule has 21 heavy (non-hydrogen) atoms. The van der Waals surface area contributed by atoms with Gasteiger partial charge in [-0.25, -0.2) is 18.4 Å². The molecule has 0 aromatic heterocycles. The molecule has 0 aromatic carbocycles. The molecule has 0 spiro atoms. The van der Waals surface area contributed by atoms with Gasteiger partial charge in [-0.15, -0.1) is 0 Å². The SMILES string of the molecule is CC(C)CC(F)(F)/C=C(/NC(=O)N1CCOCC1)C(=O)O. The lowest BCUT2D eigenvalue weighted by Gasteiger charge is -2.27. The van der Waals surface area contributed by atoms with E-state index in [2.05, 4.69) is 0 Å². The molecule has 1 rings (SSSR count). The summed E-state index contributed by atoms with van der Waals surface area (Å²) in [6.45, 7) is 4.47. The first kappa shape index (κ1) is 17.4. The molecule has 8 heteroatoms. The Morgan fingerprint density at radius 3 is 2.43 bits per heavy atom. The van der Waals surface area contributed by atoms with E-state index >= 15 is 0 Å². The normalized spacial score (nSPS) is 17.0. The third-order valence-corrected chi connectivity index (χ3v) is 2.81. The monoisotopic (exact) mass is 306 g/mol. The molecule has 6 nitrogen and oxygen atoms in total. The number of nitrogens with one attached hydrogen (secondary N) is 1. The van der Waals surface area contributed by atoms with Crippen molar-refractivity contribution < 1.29 is 28.2 Å². The zero-order chi connectivity index (χ0) is 16.0. The van der Waals surface area contributed by atoms with Crippen LogP contribution in [0.15, 0.2) is 11.8 Å². The second kappa shape index (κ2) is 7.35. The third-order valence-electron chi connectivity index (χ3n) is 2.81. The number of urea groups is 1. The van der Waals surface area contributed by atoms with Gasteiger partial charge in [0.25, 0.3) is 5.92 Å². The van der Waals surface area contributed by atoms with E-state index in [9.17, 15) is 18.4 Å². The van der Waals surface area contributed by atoms with Gasteiger partial charge in [0.2, 0.25) is 0 Å². The largest absolute Gasteiger partial charge is 0.477 e. The molecule has 1 aliphatic rings. The minimum absolute atomic E-state index is 0.293. The first-order valence-electron chi connectivity index (χ1n) is 6.69. The van der Waals surface area contributed by atoms with Crippen LogP contribution in [0.4, 0.5) is 13.6 Å². The average Bonchev–Trinajstić information content (AvgIpc) is 2.36. The van der Waals surface area contributed by atoms with Crippen molar-refractivity contribution in [2.75, 3.05) is 26.3 Å². The summed E-state index contributed by atoms with van der Waals surface area (Å²) in [6.07, 6.45) is -0.190. The minimum atomic E-state index is -3.29. The van der Waals surface area contributed by atoms with E-state index in [0.717, 1.165) is 0 Å². The Labute approximate surface area is 121 Å². The molecule has 120 valence electrons. The molecule has 1 saturated heterocycles. The lowest BCUT2D eigenvalue weighted by molar-refractivity contribution is -0.133. The molecule has 0 saturated carbocycles. The molecule has 0 radical (unpaired) electrons. The summed E-state index contributed by atoms with van der Waals surface area (Å²) in [5.74, 6) is -5.19. The van der Waals surface area contributed by atoms with Crippen LogP contribution in [0.25, 0.3) is 0 Å². The van der Waals surface area contributed by atoms with Crippen molar-refractivity contribution in [2.45, 2.75) is 26.2 Å². The number of carboxylic acids is 1. The molecular weight excluding hydrogens is 286 g/mol. The number of rotatable bonds is 5. The maximum absolute atomic E-state index is 13.7. The standard InChI is InChI=1S/C13H20F2N2O4/c1-9(2)7-13(14,15)8-10(11(18)19)16-12(20)17-3-5-21-6-4-17/h8-9H,3-7H2,1-2H3,(H,16,20)(H,18,19)/b10-8+. The van der Waals surface area contributed by atoms with E-state index in [4.69, 9.17) is 9.84 Å². The third kappa shape index (κ3) is 6.07. The number of carboxylic acid groups (broad SMARTS) is 1. The van der Waals surface area contributed by atoms with Gasteiger partial charge in [-0.3, -0.25) is 0 Å². The summed E-state index contributed by atoms with van der Waals surface area (Å²) in [5.41, 5.74) is -0.808. The number of carbonyl (C=O) groups is 2. The summed E-state index contributed by atoms with van der Waals surface area (Å²) in [7, 11) is 0. The van der Waals surface area contributed by atoms with Crippen LogP contribution in [0, 0.1) is 5.92 Å². The zero-order valence-corrected chi connectivity index (χ0v) is 12.1. The van der Waals surface area contributed by atoms with E-state index < -0.39 is 30.0 Å². The lowest BCUT2D eigenvalue weighted by Crippen LogP contribution is -2.46. The molecule has 0 aliphatic carbocycles. The smallest absolute Gasteiger partial charge is 0.352 e. The van der Waals surface area contributed by atoms with E-state index in [1.54, 1.807) is 13.8 Å². The summed E-state index contributed by atoms with van der Waals surface area (Å²) >= 11 is 0. The number of hydrogen-bond acceptors (Lipinski definition) is 3. The van der Waals surface area contributed by atoms with Crippen LogP contribution in [0.1, 0.15) is 20.3 Å². The van der Waals surface area contributed by atoms with Gasteiger partial charge in [-0.2, -0.15) is 0 Å². The maximum atomic E-state index is 13.7. The van der Waals surface area contributed by atoms with Crippen molar-refractivity contribution in [2.24, 2.45) is 5.92 Å². The lowest BCUT2D eigenvalue weighted by atomic mass is 10.0. The molecule has 1 aliphatic heterocycles. The fourth-order valence-corrected chi connectivity index (χ4v) is 1.93. The summed E-state index contributed by atoms with van der Waals surface area (Å²) in [6, 6.07) is -0.715.